The lowest BCUT2D eigenvalue weighted by Gasteiger charge is -2.34. The van der Waals surface area contributed by atoms with Gasteiger partial charge in [0.15, 0.2) is 0 Å². The molecule has 3 nitrogen and oxygen atoms in total. The Morgan fingerprint density at radius 2 is 2.12 bits per heavy atom. The van der Waals surface area contributed by atoms with Gasteiger partial charge in [-0.25, -0.2) is 0 Å². The van der Waals surface area contributed by atoms with E-state index in [4.69, 9.17) is 0 Å². The van der Waals surface area contributed by atoms with E-state index in [1.807, 2.05) is 42.1 Å². The van der Waals surface area contributed by atoms with Crippen LogP contribution < -0.4 is 0 Å². The lowest BCUT2D eigenvalue weighted by molar-refractivity contribution is -0.126. The molecular weight excluding hydrogens is 212 g/mol. The number of aryl methyl sites for hydroxylation is 1. The van der Waals surface area contributed by atoms with E-state index in [0.29, 0.717) is 12.8 Å². The number of carbonyl (C=O) groups is 1. The van der Waals surface area contributed by atoms with Crippen LogP contribution >= 0.6 is 0 Å². The van der Waals surface area contributed by atoms with Crippen LogP contribution in [0.5, 0.6) is 0 Å². The van der Waals surface area contributed by atoms with Crippen LogP contribution in [-0.4, -0.2) is 10.4 Å². The van der Waals surface area contributed by atoms with Gasteiger partial charge in [-0.15, -0.1) is 0 Å². The van der Waals surface area contributed by atoms with Gasteiger partial charge in [0, 0.05) is 37.0 Å². The molecule has 1 heterocycles. The molecule has 0 aliphatic heterocycles. The van der Waals surface area contributed by atoms with Crippen molar-refractivity contribution in [1.82, 2.24) is 4.57 Å². The van der Waals surface area contributed by atoms with Gasteiger partial charge in [0.05, 0.1) is 11.5 Å². The molecule has 1 aromatic heterocycles. The smallest absolute Gasteiger partial charge is 0.136 e. The minimum absolute atomic E-state index is 0.180. The van der Waals surface area contributed by atoms with Crippen molar-refractivity contribution in [3.63, 3.8) is 0 Å². The van der Waals surface area contributed by atoms with Crippen molar-refractivity contribution in [2.75, 3.05) is 0 Å². The van der Waals surface area contributed by atoms with E-state index < -0.39 is 5.41 Å². The van der Waals surface area contributed by atoms with Crippen LogP contribution in [0, 0.1) is 11.3 Å². The maximum atomic E-state index is 11.2. The Labute approximate surface area is 99.3 Å². The highest BCUT2D eigenvalue weighted by atomic mass is 16.1. The molecule has 0 N–H and O–H groups in total. The summed E-state index contributed by atoms with van der Waals surface area (Å²) in [6.45, 7) is 0. The van der Waals surface area contributed by atoms with Crippen molar-refractivity contribution in [3.05, 3.63) is 36.0 Å². The van der Waals surface area contributed by atoms with Gasteiger partial charge in [-0.1, -0.05) is 12.1 Å². The molecule has 1 aliphatic rings. The van der Waals surface area contributed by atoms with Crippen LogP contribution in [-0.2, 0) is 17.3 Å². The highest BCUT2D eigenvalue weighted by molar-refractivity contribution is 5.94. The molecule has 0 saturated heterocycles. The van der Waals surface area contributed by atoms with E-state index in [0.717, 1.165) is 16.5 Å². The number of aromatic nitrogens is 1. The zero-order chi connectivity index (χ0) is 12.0. The van der Waals surface area contributed by atoms with Crippen LogP contribution in [0.2, 0.25) is 0 Å². The first-order valence-electron chi connectivity index (χ1n) is 5.64. The van der Waals surface area contributed by atoms with E-state index in [-0.39, 0.29) is 5.78 Å². The summed E-state index contributed by atoms with van der Waals surface area (Å²) in [6.07, 6.45) is 2.70. The second-order valence-electron chi connectivity index (χ2n) is 4.75. The van der Waals surface area contributed by atoms with Gasteiger partial charge < -0.3 is 4.57 Å². The number of fused-ring (bicyclic) bond motifs is 1. The number of ketones is 1. The number of carbonyl (C=O) groups excluding carboxylic acids is 1. The zero-order valence-corrected chi connectivity index (χ0v) is 9.60. The van der Waals surface area contributed by atoms with Gasteiger partial charge in [-0.3, -0.25) is 4.79 Å². The molecule has 0 bridgehead atoms. The van der Waals surface area contributed by atoms with Crippen molar-refractivity contribution in [1.29, 1.82) is 5.26 Å². The molecule has 1 aliphatic carbocycles. The molecule has 84 valence electrons. The molecule has 0 unspecified atom stereocenters. The summed E-state index contributed by atoms with van der Waals surface area (Å²) in [5.74, 6) is 0.180. The van der Waals surface area contributed by atoms with Gasteiger partial charge in [0.25, 0.3) is 0 Å². The Morgan fingerprint density at radius 3 is 2.76 bits per heavy atom. The normalized spacial score (nSPS) is 17.8. The summed E-state index contributed by atoms with van der Waals surface area (Å²) in [7, 11) is 1.98. The van der Waals surface area contributed by atoms with Gasteiger partial charge in [0.1, 0.15) is 5.78 Å². The largest absolute Gasteiger partial charge is 0.351 e. The molecule has 1 fully saturated rings. The quantitative estimate of drug-likeness (QED) is 0.746. The third-order valence-electron chi connectivity index (χ3n) is 3.66. The fourth-order valence-electron chi connectivity index (χ4n) is 2.67. The summed E-state index contributed by atoms with van der Waals surface area (Å²) in [6, 6.07) is 10.3. The predicted octanol–water partition coefficient (Wildman–Crippen LogP) is 2.30. The van der Waals surface area contributed by atoms with Crippen molar-refractivity contribution >= 4 is 16.7 Å². The minimum atomic E-state index is -0.585. The number of nitrogens with zero attached hydrogens (tertiary/aromatic N) is 2. The Bertz CT molecular complexity index is 652. The van der Waals surface area contributed by atoms with E-state index >= 15 is 0 Å². The number of hydrogen-bond donors (Lipinski definition) is 0. The van der Waals surface area contributed by atoms with E-state index in [9.17, 15) is 10.1 Å². The molecule has 3 rings (SSSR count). The average Bonchev–Trinajstić information content (AvgIpc) is 2.67. The SMILES string of the molecule is Cn1ccc2c(C3(C#N)CC(=O)C3)cccc21. The molecule has 17 heavy (non-hydrogen) atoms. The fourth-order valence-corrected chi connectivity index (χ4v) is 2.67. The second-order valence-corrected chi connectivity index (χ2v) is 4.75. The zero-order valence-electron chi connectivity index (χ0n) is 9.60. The maximum Gasteiger partial charge on any atom is 0.136 e. The first-order valence-corrected chi connectivity index (χ1v) is 5.64. The van der Waals surface area contributed by atoms with Crippen LogP contribution in [0.15, 0.2) is 30.5 Å². The number of nitriles is 1. The van der Waals surface area contributed by atoms with Crippen molar-refractivity contribution < 1.29 is 4.79 Å². The predicted molar refractivity (Wildman–Crippen MR) is 64.5 cm³/mol. The van der Waals surface area contributed by atoms with Crippen molar-refractivity contribution in [2.24, 2.45) is 7.05 Å². The number of benzene rings is 1. The molecular formula is C14H12N2O. The minimum Gasteiger partial charge on any atom is -0.351 e. The molecule has 1 saturated carbocycles. The summed E-state index contributed by atoms with van der Waals surface area (Å²) in [5.41, 5.74) is 1.52. The van der Waals surface area contributed by atoms with E-state index in [1.54, 1.807) is 0 Å². The molecule has 0 spiro atoms. The Kier molecular flexibility index (Phi) is 1.90. The number of Topliss-reactive ketones (excluding diaryl/α,β-unsaturated/α-hetero) is 1. The molecule has 3 heteroatoms. The highest BCUT2D eigenvalue weighted by Gasteiger charge is 2.46. The number of hydrogen-bond acceptors (Lipinski definition) is 2. The fraction of sp³-hybridized carbons (Fsp3) is 0.286. The second kappa shape index (κ2) is 3.21. The number of rotatable bonds is 1. The first-order chi connectivity index (χ1) is 8.16. The maximum absolute atomic E-state index is 11.2. The van der Waals surface area contributed by atoms with Crippen molar-refractivity contribution in [2.45, 2.75) is 18.3 Å². The lowest BCUT2D eigenvalue weighted by Crippen LogP contribution is -2.40. The van der Waals surface area contributed by atoms with Crippen LogP contribution in [0.1, 0.15) is 18.4 Å². The van der Waals surface area contributed by atoms with Crippen LogP contribution in [0.25, 0.3) is 10.9 Å². The standard InChI is InChI=1S/C14H12N2O/c1-16-6-5-11-12(3-2-4-13(11)16)14(9-15)7-10(17)8-14/h2-6H,7-8H2,1H3. The first kappa shape index (κ1) is 10.1. The van der Waals surface area contributed by atoms with Gasteiger partial charge >= 0.3 is 0 Å². The van der Waals surface area contributed by atoms with Crippen LogP contribution in [0.3, 0.4) is 0 Å². The summed E-state index contributed by atoms with van der Waals surface area (Å²) in [5, 5.41) is 10.5. The Morgan fingerprint density at radius 1 is 1.35 bits per heavy atom. The Hall–Kier alpha value is -2.08. The molecule has 2 aromatic rings. The third kappa shape index (κ3) is 1.24. The highest BCUT2D eigenvalue weighted by Crippen LogP contribution is 2.43. The summed E-state index contributed by atoms with van der Waals surface area (Å²) < 4.78 is 2.03. The van der Waals surface area contributed by atoms with E-state index in [2.05, 4.69) is 6.07 Å². The molecule has 0 atom stereocenters. The molecule has 0 amide bonds. The molecule has 1 aromatic carbocycles. The van der Waals surface area contributed by atoms with Gasteiger partial charge in [-0.05, 0) is 17.7 Å². The summed E-state index contributed by atoms with van der Waals surface area (Å²) in [4.78, 5) is 11.2. The monoisotopic (exact) mass is 224 g/mol. The third-order valence-corrected chi connectivity index (χ3v) is 3.66. The average molecular weight is 224 g/mol. The van der Waals surface area contributed by atoms with Gasteiger partial charge in [0.2, 0.25) is 0 Å². The van der Waals surface area contributed by atoms with E-state index in [1.165, 1.54) is 0 Å². The van der Waals surface area contributed by atoms with Gasteiger partial charge in [-0.2, -0.15) is 5.26 Å². The summed E-state index contributed by atoms with van der Waals surface area (Å²) >= 11 is 0. The van der Waals surface area contributed by atoms with Crippen molar-refractivity contribution in [3.8, 4) is 6.07 Å². The Balaban J connectivity index is 2.25. The molecule has 0 radical (unpaired) electrons. The van der Waals surface area contributed by atoms with Crippen LogP contribution in [0.4, 0.5) is 0 Å². The lowest BCUT2D eigenvalue weighted by atomic mass is 9.64. The topological polar surface area (TPSA) is 45.8 Å².